The molecule has 1 amide bonds. The minimum Gasteiger partial charge on any atom is -0.355 e. The van der Waals surface area contributed by atoms with Gasteiger partial charge in [0.1, 0.15) is 12.2 Å². The van der Waals surface area contributed by atoms with Crippen molar-refractivity contribution in [1.29, 1.82) is 0 Å². The van der Waals surface area contributed by atoms with E-state index in [9.17, 15) is 9.59 Å². The van der Waals surface area contributed by atoms with Crippen LogP contribution >= 0.6 is 11.8 Å². The highest BCUT2D eigenvalue weighted by molar-refractivity contribution is 8.00. The summed E-state index contributed by atoms with van der Waals surface area (Å²) in [6.45, 7) is 6.82. The molecule has 2 rings (SSSR count). The lowest BCUT2D eigenvalue weighted by molar-refractivity contribution is -0.120. The normalized spacial score (nSPS) is 12.1. The lowest BCUT2D eigenvalue weighted by Gasteiger charge is -2.11. The second-order valence-electron chi connectivity index (χ2n) is 5.03. The van der Waals surface area contributed by atoms with E-state index in [1.807, 2.05) is 11.5 Å². The first kappa shape index (κ1) is 17.2. The second kappa shape index (κ2) is 7.91. The first-order chi connectivity index (χ1) is 11.0. The molecule has 2 aromatic rings. The molecule has 9 heteroatoms. The molecule has 0 bridgehead atoms. The molecule has 23 heavy (non-hydrogen) atoms. The number of nitrogens with one attached hydrogen (secondary N) is 2. The van der Waals surface area contributed by atoms with E-state index >= 15 is 0 Å². The molecule has 0 radical (unpaired) electrons. The van der Waals surface area contributed by atoms with Crippen LogP contribution in [0.25, 0.3) is 0 Å². The summed E-state index contributed by atoms with van der Waals surface area (Å²) in [7, 11) is 0. The molecule has 0 aliphatic rings. The zero-order chi connectivity index (χ0) is 16.8. The van der Waals surface area contributed by atoms with Crippen molar-refractivity contribution in [3.8, 4) is 0 Å². The molecule has 1 atom stereocenters. The Morgan fingerprint density at radius 2 is 2.30 bits per heavy atom. The summed E-state index contributed by atoms with van der Waals surface area (Å²) in [5.41, 5.74) is 0.411. The van der Waals surface area contributed by atoms with Crippen molar-refractivity contribution in [1.82, 2.24) is 30.0 Å². The van der Waals surface area contributed by atoms with E-state index in [1.54, 1.807) is 20.2 Å². The maximum atomic E-state index is 12.1. The van der Waals surface area contributed by atoms with Crippen LogP contribution in [0.2, 0.25) is 0 Å². The molecule has 0 aliphatic carbocycles. The molecular weight excluding hydrogens is 316 g/mol. The Labute approximate surface area is 138 Å². The van der Waals surface area contributed by atoms with Crippen LogP contribution in [0.15, 0.2) is 22.3 Å². The number of aryl methyl sites for hydroxylation is 2. The Kier molecular flexibility index (Phi) is 5.91. The lowest BCUT2D eigenvalue weighted by Crippen LogP contribution is -2.33. The molecular formula is C14H20N6O2S. The third kappa shape index (κ3) is 4.92. The van der Waals surface area contributed by atoms with Crippen LogP contribution in [0.3, 0.4) is 0 Å². The summed E-state index contributed by atoms with van der Waals surface area (Å²) < 4.78 is 1.94. The van der Waals surface area contributed by atoms with Crippen molar-refractivity contribution in [3.05, 3.63) is 34.3 Å². The van der Waals surface area contributed by atoms with Crippen LogP contribution < -0.4 is 10.9 Å². The van der Waals surface area contributed by atoms with Crippen molar-refractivity contribution >= 4 is 17.7 Å². The van der Waals surface area contributed by atoms with E-state index in [4.69, 9.17) is 0 Å². The number of aromatic amines is 1. The Balaban J connectivity index is 1.84. The number of rotatable bonds is 7. The van der Waals surface area contributed by atoms with Crippen molar-refractivity contribution in [2.24, 2.45) is 0 Å². The third-order valence-corrected chi connectivity index (χ3v) is 4.17. The number of hydrogen-bond donors (Lipinski definition) is 2. The quantitative estimate of drug-likeness (QED) is 0.564. The minimum atomic E-state index is -0.357. The molecule has 2 heterocycles. The van der Waals surface area contributed by atoms with Gasteiger partial charge in [-0.3, -0.25) is 9.59 Å². The zero-order valence-electron chi connectivity index (χ0n) is 13.4. The van der Waals surface area contributed by atoms with Gasteiger partial charge in [0, 0.05) is 31.3 Å². The summed E-state index contributed by atoms with van der Waals surface area (Å²) in [5, 5.41) is 10.8. The van der Waals surface area contributed by atoms with Crippen molar-refractivity contribution in [2.75, 3.05) is 6.54 Å². The standard InChI is InChI=1S/C14H20N6O2S/c1-4-20-8-16-19-11(20)5-6-15-13(22)10(3)23-14-17-9(2)7-12(21)18-14/h7-8,10H,4-6H2,1-3H3,(H,15,22)(H,17,18,21)/t10-/m0/s1. The van der Waals surface area contributed by atoms with Crippen molar-refractivity contribution < 1.29 is 4.79 Å². The highest BCUT2D eigenvalue weighted by atomic mass is 32.2. The maximum absolute atomic E-state index is 12.1. The fraction of sp³-hybridized carbons (Fsp3) is 0.500. The van der Waals surface area contributed by atoms with Gasteiger partial charge >= 0.3 is 0 Å². The molecule has 0 aliphatic heterocycles. The van der Waals surface area contributed by atoms with E-state index in [0.29, 0.717) is 23.8 Å². The van der Waals surface area contributed by atoms with Gasteiger partial charge in [0.05, 0.1) is 5.25 Å². The number of amides is 1. The topological polar surface area (TPSA) is 106 Å². The van der Waals surface area contributed by atoms with Gasteiger partial charge in [0.15, 0.2) is 5.16 Å². The van der Waals surface area contributed by atoms with Crippen molar-refractivity contribution in [3.63, 3.8) is 0 Å². The van der Waals surface area contributed by atoms with Gasteiger partial charge in [-0.25, -0.2) is 4.98 Å². The summed E-state index contributed by atoms with van der Waals surface area (Å²) in [5.74, 6) is 0.736. The third-order valence-electron chi connectivity index (χ3n) is 3.19. The van der Waals surface area contributed by atoms with Gasteiger partial charge in [-0.2, -0.15) is 0 Å². The first-order valence-electron chi connectivity index (χ1n) is 7.38. The number of thioether (sulfide) groups is 1. The molecule has 8 nitrogen and oxygen atoms in total. The molecule has 0 unspecified atom stereocenters. The van der Waals surface area contributed by atoms with Crippen LogP contribution in [0.4, 0.5) is 0 Å². The van der Waals surface area contributed by atoms with Crippen molar-refractivity contribution in [2.45, 2.75) is 44.1 Å². The highest BCUT2D eigenvalue weighted by Gasteiger charge is 2.16. The molecule has 2 N–H and O–H groups in total. The number of aromatic nitrogens is 5. The van der Waals surface area contributed by atoms with E-state index in [0.717, 1.165) is 12.4 Å². The van der Waals surface area contributed by atoms with E-state index in [2.05, 4.69) is 25.5 Å². The highest BCUT2D eigenvalue weighted by Crippen LogP contribution is 2.18. The average molecular weight is 336 g/mol. The molecule has 0 saturated heterocycles. The van der Waals surface area contributed by atoms with Crippen LogP contribution in [-0.2, 0) is 17.8 Å². The summed E-state index contributed by atoms with van der Waals surface area (Å²) in [6, 6.07) is 1.42. The summed E-state index contributed by atoms with van der Waals surface area (Å²) >= 11 is 1.22. The predicted molar refractivity (Wildman–Crippen MR) is 87.3 cm³/mol. The molecule has 2 aromatic heterocycles. The van der Waals surface area contributed by atoms with E-state index < -0.39 is 0 Å². The Bertz CT molecular complexity index is 726. The molecule has 0 spiro atoms. The minimum absolute atomic E-state index is 0.110. The monoisotopic (exact) mass is 336 g/mol. The maximum Gasteiger partial charge on any atom is 0.251 e. The number of carbonyl (C=O) groups is 1. The van der Waals surface area contributed by atoms with Gasteiger partial charge in [-0.05, 0) is 20.8 Å². The number of nitrogens with zero attached hydrogens (tertiary/aromatic N) is 4. The van der Waals surface area contributed by atoms with Crippen LogP contribution in [-0.4, -0.2) is 42.4 Å². The van der Waals surface area contributed by atoms with Gasteiger partial charge in [0.2, 0.25) is 5.91 Å². The Morgan fingerprint density at radius 1 is 1.52 bits per heavy atom. The molecule has 0 saturated carbocycles. The first-order valence-corrected chi connectivity index (χ1v) is 8.26. The van der Waals surface area contributed by atoms with Crippen LogP contribution in [0.1, 0.15) is 25.4 Å². The Hall–Kier alpha value is -2.16. The number of carbonyl (C=O) groups excluding carboxylic acids is 1. The summed E-state index contributed by atoms with van der Waals surface area (Å²) in [4.78, 5) is 30.3. The zero-order valence-corrected chi connectivity index (χ0v) is 14.2. The predicted octanol–water partition coefficient (Wildman–Crippen LogP) is 0.529. The molecule has 0 aromatic carbocycles. The number of H-pyrrole nitrogens is 1. The van der Waals surface area contributed by atoms with Crippen LogP contribution in [0, 0.1) is 6.92 Å². The Morgan fingerprint density at radius 3 is 3.00 bits per heavy atom. The molecule has 0 fully saturated rings. The lowest BCUT2D eigenvalue weighted by atomic mass is 10.3. The smallest absolute Gasteiger partial charge is 0.251 e. The van der Waals surface area contributed by atoms with E-state index in [-0.39, 0.29) is 16.7 Å². The van der Waals surface area contributed by atoms with E-state index in [1.165, 1.54) is 17.8 Å². The van der Waals surface area contributed by atoms with Gasteiger partial charge in [-0.1, -0.05) is 11.8 Å². The van der Waals surface area contributed by atoms with Gasteiger partial charge < -0.3 is 14.9 Å². The summed E-state index contributed by atoms with van der Waals surface area (Å²) in [6.07, 6.45) is 2.30. The average Bonchev–Trinajstić information content (AvgIpc) is 2.93. The largest absolute Gasteiger partial charge is 0.355 e. The second-order valence-corrected chi connectivity index (χ2v) is 6.36. The fourth-order valence-electron chi connectivity index (χ4n) is 2.01. The van der Waals surface area contributed by atoms with Gasteiger partial charge in [-0.15, -0.1) is 10.2 Å². The van der Waals surface area contributed by atoms with Gasteiger partial charge in [0.25, 0.3) is 5.56 Å². The number of hydrogen-bond acceptors (Lipinski definition) is 6. The fourth-order valence-corrected chi connectivity index (χ4v) is 2.89. The SMILES string of the molecule is CCn1cnnc1CCNC(=O)[C@H](C)Sc1nc(C)cc(=O)[nH]1. The van der Waals surface area contributed by atoms with Crippen LogP contribution in [0.5, 0.6) is 0 Å². The molecule has 124 valence electrons.